The van der Waals surface area contributed by atoms with Gasteiger partial charge in [-0.3, -0.25) is 4.79 Å². The van der Waals surface area contributed by atoms with E-state index in [1.165, 1.54) is 12.0 Å². The van der Waals surface area contributed by atoms with E-state index in [0.717, 1.165) is 44.3 Å². The molecule has 2 unspecified atom stereocenters. The predicted octanol–water partition coefficient (Wildman–Crippen LogP) is 3.51. The van der Waals surface area contributed by atoms with Gasteiger partial charge in [-0.25, -0.2) is 0 Å². The molecule has 0 bridgehead atoms. The smallest absolute Gasteiger partial charge is 0.229 e. The molecule has 1 aromatic rings. The number of nitrogens with two attached hydrogens (primary N) is 1. The summed E-state index contributed by atoms with van der Waals surface area (Å²) in [6, 6.07) is 8.57. The summed E-state index contributed by atoms with van der Waals surface area (Å²) in [5.74, 6) is 0.351. The van der Waals surface area contributed by atoms with E-state index in [0.29, 0.717) is 0 Å². The largest absolute Gasteiger partial charge is 0.328 e. The molecule has 0 aliphatic carbocycles. The Balaban J connectivity index is 2.04. The van der Waals surface area contributed by atoms with Gasteiger partial charge in [-0.1, -0.05) is 31.5 Å². The second-order valence-electron chi connectivity index (χ2n) is 6.38. The molecule has 3 nitrogen and oxygen atoms in total. The van der Waals surface area contributed by atoms with Crippen molar-refractivity contribution in [2.24, 2.45) is 11.7 Å². The fourth-order valence-corrected chi connectivity index (χ4v) is 3.06. The zero-order chi connectivity index (χ0) is 15.2. The zero-order valence-electron chi connectivity index (χ0n) is 13.3. The summed E-state index contributed by atoms with van der Waals surface area (Å²) in [6.07, 6.45) is 6.29. The van der Waals surface area contributed by atoms with E-state index >= 15 is 0 Å². The maximum atomic E-state index is 12.8. The van der Waals surface area contributed by atoms with E-state index in [2.05, 4.69) is 25.1 Å². The SMILES string of the molecule is CC(N)CCCC(C)C(=O)N1CCCCc2ccccc21. The van der Waals surface area contributed by atoms with Gasteiger partial charge in [0.15, 0.2) is 0 Å². The van der Waals surface area contributed by atoms with Crippen LogP contribution in [0, 0.1) is 5.92 Å². The molecule has 21 heavy (non-hydrogen) atoms. The highest BCUT2D eigenvalue weighted by molar-refractivity contribution is 5.95. The van der Waals surface area contributed by atoms with Crippen molar-refractivity contribution in [2.75, 3.05) is 11.4 Å². The van der Waals surface area contributed by atoms with Crippen LogP contribution in [-0.2, 0) is 11.2 Å². The number of amides is 1. The zero-order valence-corrected chi connectivity index (χ0v) is 13.3. The van der Waals surface area contributed by atoms with E-state index in [1.807, 2.05) is 17.9 Å². The average molecular weight is 288 g/mol. The number of hydrogen-bond acceptors (Lipinski definition) is 2. The lowest BCUT2D eigenvalue weighted by atomic mass is 10.00. The highest BCUT2D eigenvalue weighted by Crippen LogP contribution is 2.28. The van der Waals surface area contributed by atoms with E-state index in [1.54, 1.807) is 0 Å². The summed E-state index contributed by atoms with van der Waals surface area (Å²) in [5, 5.41) is 0. The number of carbonyl (C=O) groups excluding carboxylic acids is 1. The molecule has 1 heterocycles. The topological polar surface area (TPSA) is 46.3 Å². The summed E-state index contributed by atoms with van der Waals surface area (Å²) in [6.45, 7) is 4.93. The molecule has 0 spiro atoms. The molecule has 0 saturated heterocycles. The van der Waals surface area contributed by atoms with Gasteiger partial charge in [-0.2, -0.15) is 0 Å². The number of fused-ring (bicyclic) bond motifs is 1. The van der Waals surface area contributed by atoms with Gasteiger partial charge < -0.3 is 10.6 Å². The van der Waals surface area contributed by atoms with Crippen molar-refractivity contribution in [3.63, 3.8) is 0 Å². The van der Waals surface area contributed by atoms with Crippen molar-refractivity contribution in [1.29, 1.82) is 0 Å². The predicted molar refractivity (Wildman–Crippen MR) is 88.4 cm³/mol. The van der Waals surface area contributed by atoms with Gasteiger partial charge in [0.25, 0.3) is 0 Å². The fraction of sp³-hybridized carbons (Fsp3) is 0.611. The van der Waals surface area contributed by atoms with Gasteiger partial charge in [0.1, 0.15) is 0 Å². The number of rotatable bonds is 5. The average Bonchev–Trinajstić information content (AvgIpc) is 2.68. The normalized spacial score (nSPS) is 17.8. The van der Waals surface area contributed by atoms with Gasteiger partial charge >= 0.3 is 0 Å². The monoisotopic (exact) mass is 288 g/mol. The molecule has 2 atom stereocenters. The first-order valence-corrected chi connectivity index (χ1v) is 8.24. The van der Waals surface area contributed by atoms with Crippen molar-refractivity contribution in [2.45, 2.75) is 58.4 Å². The molecule has 116 valence electrons. The van der Waals surface area contributed by atoms with Gasteiger partial charge in [0.05, 0.1) is 0 Å². The quantitative estimate of drug-likeness (QED) is 0.901. The second kappa shape index (κ2) is 7.60. The Morgan fingerprint density at radius 3 is 2.76 bits per heavy atom. The maximum absolute atomic E-state index is 12.8. The molecular weight excluding hydrogens is 260 g/mol. The summed E-state index contributed by atoms with van der Waals surface area (Å²) >= 11 is 0. The van der Waals surface area contributed by atoms with Crippen molar-refractivity contribution in [1.82, 2.24) is 0 Å². The lowest BCUT2D eigenvalue weighted by molar-refractivity contribution is -0.122. The molecule has 1 aliphatic rings. The third-order valence-corrected chi connectivity index (χ3v) is 4.34. The number of benzene rings is 1. The number of para-hydroxylation sites is 1. The van der Waals surface area contributed by atoms with E-state index in [9.17, 15) is 4.79 Å². The first-order valence-electron chi connectivity index (χ1n) is 8.24. The van der Waals surface area contributed by atoms with Crippen molar-refractivity contribution in [3.05, 3.63) is 29.8 Å². The highest BCUT2D eigenvalue weighted by atomic mass is 16.2. The summed E-state index contributed by atoms with van der Waals surface area (Å²) in [5.41, 5.74) is 8.22. The van der Waals surface area contributed by atoms with Crippen LogP contribution in [0.5, 0.6) is 0 Å². The second-order valence-corrected chi connectivity index (χ2v) is 6.38. The number of nitrogens with zero attached hydrogens (tertiary/aromatic N) is 1. The van der Waals surface area contributed by atoms with Crippen molar-refractivity contribution >= 4 is 11.6 Å². The molecule has 0 fully saturated rings. The van der Waals surface area contributed by atoms with Crippen molar-refractivity contribution < 1.29 is 4.79 Å². The highest BCUT2D eigenvalue weighted by Gasteiger charge is 2.24. The molecule has 2 rings (SSSR count). The Bertz CT molecular complexity index is 470. The van der Waals surface area contributed by atoms with Gasteiger partial charge in [-0.05, 0) is 50.7 Å². The van der Waals surface area contributed by atoms with Crippen LogP contribution in [0.3, 0.4) is 0 Å². The van der Waals surface area contributed by atoms with E-state index in [4.69, 9.17) is 5.73 Å². The summed E-state index contributed by atoms with van der Waals surface area (Å²) in [4.78, 5) is 14.8. The van der Waals surface area contributed by atoms with Crippen LogP contribution in [0.25, 0.3) is 0 Å². The molecule has 3 heteroatoms. The minimum atomic E-state index is 0.0786. The van der Waals surface area contributed by atoms with Crippen LogP contribution >= 0.6 is 0 Å². The Hall–Kier alpha value is -1.35. The summed E-state index contributed by atoms with van der Waals surface area (Å²) in [7, 11) is 0. The number of aryl methyl sites for hydroxylation is 1. The Kier molecular flexibility index (Phi) is 5.80. The first kappa shape index (κ1) is 16.0. The van der Waals surface area contributed by atoms with Crippen molar-refractivity contribution in [3.8, 4) is 0 Å². The molecular formula is C18H28N2O. The number of anilines is 1. The van der Waals surface area contributed by atoms with Gasteiger partial charge in [0.2, 0.25) is 5.91 Å². The minimum Gasteiger partial charge on any atom is -0.328 e. The standard InChI is InChI=1S/C18H28N2O/c1-14(8-7-9-15(2)19)18(21)20-13-6-5-11-16-10-3-4-12-17(16)20/h3-4,10,12,14-15H,5-9,11,13,19H2,1-2H3. The number of hydrogen-bond donors (Lipinski definition) is 1. The van der Waals surface area contributed by atoms with Crippen LogP contribution in [0.2, 0.25) is 0 Å². The van der Waals surface area contributed by atoms with E-state index in [-0.39, 0.29) is 17.9 Å². The molecule has 2 N–H and O–H groups in total. The van der Waals surface area contributed by atoms with Crippen LogP contribution < -0.4 is 10.6 Å². The Morgan fingerprint density at radius 2 is 2.00 bits per heavy atom. The first-order chi connectivity index (χ1) is 10.1. The molecule has 1 amide bonds. The van der Waals surface area contributed by atoms with Gasteiger partial charge in [-0.15, -0.1) is 0 Å². The molecule has 0 aromatic heterocycles. The minimum absolute atomic E-state index is 0.0786. The third-order valence-electron chi connectivity index (χ3n) is 4.34. The Labute approximate surface area is 128 Å². The van der Waals surface area contributed by atoms with Crippen LogP contribution in [-0.4, -0.2) is 18.5 Å². The maximum Gasteiger partial charge on any atom is 0.229 e. The lowest BCUT2D eigenvalue weighted by Gasteiger charge is -2.26. The third kappa shape index (κ3) is 4.31. The van der Waals surface area contributed by atoms with E-state index < -0.39 is 0 Å². The van der Waals surface area contributed by atoms with Gasteiger partial charge in [0, 0.05) is 24.2 Å². The lowest BCUT2D eigenvalue weighted by Crippen LogP contribution is -2.36. The van der Waals surface area contributed by atoms with Crippen LogP contribution in [0.1, 0.15) is 51.5 Å². The molecule has 0 radical (unpaired) electrons. The van der Waals surface area contributed by atoms with Crippen LogP contribution in [0.4, 0.5) is 5.69 Å². The van der Waals surface area contributed by atoms with Crippen LogP contribution in [0.15, 0.2) is 24.3 Å². The Morgan fingerprint density at radius 1 is 1.24 bits per heavy atom. The number of carbonyl (C=O) groups is 1. The fourth-order valence-electron chi connectivity index (χ4n) is 3.06. The molecule has 0 saturated carbocycles. The summed E-state index contributed by atoms with van der Waals surface area (Å²) < 4.78 is 0. The molecule has 1 aromatic carbocycles. The molecule has 1 aliphatic heterocycles.